The lowest BCUT2D eigenvalue weighted by Gasteiger charge is -2.19. The lowest BCUT2D eigenvalue weighted by atomic mass is 9.87. The van der Waals surface area contributed by atoms with Crippen LogP contribution in [0.5, 0.6) is 0 Å². The molecule has 2 aliphatic carbocycles. The molecular formula is C14H16ClN3O. The van der Waals surface area contributed by atoms with Crippen LogP contribution in [-0.4, -0.2) is 22.1 Å². The van der Waals surface area contributed by atoms with E-state index in [1.807, 2.05) is 11.0 Å². The van der Waals surface area contributed by atoms with Gasteiger partial charge in [0.2, 0.25) is 5.91 Å². The zero-order valence-electron chi connectivity index (χ0n) is 10.7. The molecule has 19 heavy (non-hydrogen) atoms. The normalized spacial score (nSPS) is 27.1. The van der Waals surface area contributed by atoms with Crippen molar-refractivity contribution in [2.24, 2.45) is 5.92 Å². The van der Waals surface area contributed by atoms with Gasteiger partial charge in [-0.15, -0.1) is 10.2 Å². The Morgan fingerprint density at radius 1 is 1.16 bits per heavy atom. The van der Waals surface area contributed by atoms with Crippen LogP contribution < -0.4 is 4.90 Å². The zero-order chi connectivity index (χ0) is 13.0. The van der Waals surface area contributed by atoms with E-state index in [1.54, 1.807) is 0 Å². The highest BCUT2D eigenvalue weighted by Gasteiger charge is 2.48. The predicted octanol–water partition coefficient (Wildman–Crippen LogP) is 2.91. The van der Waals surface area contributed by atoms with Crippen molar-refractivity contribution >= 4 is 23.3 Å². The minimum atomic E-state index is -0.0221. The Hall–Kier alpha value is -1.16. The molecule has 4 nitrogen and oxygen atoms in total. The highest BCUT2D eigenvalue weighted by atomic mass is 35.5. The number of hydrogen-bond donors (Lipinski definition) is 0. The number of hydrogen-bond acceptors (Lipinski definition) is 3. The van der Waals surface area contributed by atoms with Gasteiger partial charge in [0.15, 0.2) is 11.0 Å². The largest absolute Gasteiger partial charge is 0.291 e. The number of anilines is 1. The van der Waals surface area contributed by atoms with Crippen LogP contribution in [0.3, 0.4) is 0 Å². The topological polar surface area (TPSA) is 46.1 Å². The van der Waals surface area contributed by atoms with Crippen molar-refractivity contribution in [3.8, 4) is 0 Å². The Bertz CT molecular complexity index is 537. The van der Waals surface area contributed by atoms with E-state index < -0.39 is 0 Å². The summed E-state index contributed by atoms with van der Waals surface area (Å²) in [5.74, 6) is 1.45. The quantitative estimate of drug-likeness (QED) is 0.835. The van der Waals surface area contributed by atoms with Crippen molar-refractivity contribution in [2.45, 2.75) is 50.5 Å². The first-order valence-corrected chi connectivity index (χ1v) is 7.49. The summed E-state index contributed by atoms with van der Waals surface area (Å²) < 4.78 is 0. The summed E-state index contributed by atoms with van der Waals surface area (Å²) in [5, 5.41) is 8.52. The van der Waals surface area contributed by atoms with Gasteiger partial charge in [0.05, 0.1) is 5.92 Å². The Morgan fingerprint density at radius 2 is 1.89 bits per heavy atom. The summed E-state index contributed by atoms with van der Waals surface area (Å²) in [5.41, 5.74) is 1.02. The second kappa shape index (κ2) is 4.17. The first-order chi connectivity index (χ1) is 9.25. The van der Waals surface area contributed by atoms with Gasteiger partial charge in [0, 0.05) is 11.6 Å². The van der Waals surface area contributed by atoms with Crippen molar-refractivity contribution < 1.29 is 4.79 Å². The van der Waals surface area contributed by atoms with Crippen molar-refractivity contribution in [1.82, 2.24) is 10.2 Å². The summed E-state index contributed by atoms with van der Waals surface area (Å²) in [6.07, 6.45) is 6.95. The summed E-state index contributed by atoms with van der Waals surface area (Å²) in [6.45, 7) is 0. The van der Waals surface area contributed by atoms with Crippen LogP contribution in [-0.2, 0) is 4.79 Å². The molecule has 4 rings (SSSR count). The molecular weight excluding hydrogens is 262 g/mol. The maximum absolute atomic E-state index is 12.8. The lowest BCUT2D eigenvalue weighted by Crippen LogP contribution is -2.33. The first-order valence-electron chi connectivity index (χ1n) is 7.12. The average molecular weight is 278 g/mol. The summed E-state index contributed by atoms with van der Waals surface area (Å²) in [6, 6.07) is 2.21. The van der Waals surface area contributed by atoms with E-state index in [-0.39, 0.29) is 11.8 Å². The van der Waals surface area contributed by atoms with Crippen LogP contribution in [0, 0.1) is 5.92 Å². The number of aromatic nitrogens is 2. The van der Waals surface area contributed by atoms with Crippen LogP contribution in [0.2, 0.25) is 5.15 Å². The number of nitrogens with zero attached hydrogens (tertiary/aromatic N) is 3. The van der Waals surface area contributed by atoms with Crippen LogP contribution in [0.4, 0.5) is 5.82 Å². The van der Waals surface area contributed by atoms with Gasteiger partial charge in [0.25, 0.3) is 0 Å². The fourth-order valence-corrected chi connectivity index (χ4v) is 3.77. The molecule has 1 aliphatic heterocycles. The fraction of sp³-hybridized carbons (Fsp3) is 0.643. The summed E-state index contributed by atoms with van der Waals surface area (Å²) in [4.78, 5) is 14.6. The third kappa shape index (κ3) is 1.76. The maximum Gasteiger partial charge on any atom is 0.236 e. The van der Waals surface area contributed by atoms with Crippen molar-refractivity contribution in [1.29, 1.82) is 0 Å². The Balaban J connectivity index is 1.79. The van der Waals surface area contributed by atoms with E-state index in [2.05, 4.69) is 10.2 Å². The summed E-state index contributed by atoms with van der Waals surface area (Å²) >= 11 is 5.98. The van der Waals surface area contributed by atoms with Crippen LogP contribution in [0.15, 0.2) is 6.07 Å². The van der Waals surface area contributed by atoms with E-state index in [9.17, 15) is 4.79 Å². The Morgan fingerprint density at radius 3 is 2.58 bits per heavy atom. The molecule has 3 aliphatic rings. The zero-order valence-corrected chi connectivity index (χ0v) is 11.4. The number of rotatable bonds is 2. The van der Waals surface area contributed by atoms with Gasteiger partial charge in [-0.1, -0.05) is 24.4 Å². The number of carbonyl (C=O) groups excluding carboxylic acids is 1. The molecule has 0 aromatic carbocycles. The molecule has 1 atom stereocenters. The van der Waals surface area contributed by atoms with Gasteiger partial charge in [-0.2, -0.15) is 0 Å². The molecule has 0 saturated heterocycles. The predicted molar refractivity (Wildman–Crippen MR) is 72.2 cm³/mol. The second-order valence-corrected chi connectivity index (χ2v) is 6.29. The molecule has 1 aromatic heterocycles. The van der Waals surface area contributed by atoms with Crippen molar-refractivity contribution in [3.05, 3.63) is 16.8 Å². The van der Waals surface area contributed by atoms with Gasteiger partial charge >= 0.3 is 0 Å². The van der Waals surface area contributed by atoms with Crippen LogP contribution >= 0.6 is 11.6 Å². The van der Waals surface area contributed by atoms with Gasteiger partial charge in [-0.25, -0.2) is 0 Å². The summed E-state index contributed by atoms with van der Waals surface area (Å²) in [7, 11) is 0. The Kier molecular flexibility index (Phi) is 2.56. The van der Waals surface area contributed by atoms with Crippen molar-refractivity contribution in [2.75, 3.05) is 4.90 Å². The number of carbonyl (C=O) groups is 1. The van der Waals surface area contributed by atoms with Crippen molar-refractivity contribution in [3.63, 3.8) is 0 Å². The van der Waals surface area contributed by atoms with E-state index in [1.165, 1.54) is 12.8 Å². The van der Waals surface area contributed by atoms with E-state index in [0.29, 0.717) is 17.1 Å². The van der Waals surface area contributed by atoms with E-state index >= 15 is 0 Å². The molecule has 0 N–H and O–H groups in total. The molecule has 0 radical (unpaired) electrons. The number of amides is 1. The van der Waals surface area contributed by atoms with Gasteiger partial charge in [0.1, 0.15) is 0 Å². The molecule has 5 heteroatoms. The first kappa shape index (κ1) is 11.6. The third-order valence-corrected chi connectivity index (χ3v) is 4.81. The Labute approximate surface area is 117 Å². The molecule has 0 bridgehead atoms. The number of halogens is 1. The second-order valence-electron chi connectivity index (χ2n) is 5.91. The van der Waals surface area contributed by atoms with Crippen LogP contribution in [0.1, 0.15) is 50.0 Å². The lowest BCUT2D eigenvalue weighted by molar-refractivity contribution is -0.120. The van der Waals surface area contributed by atoms with Gasteiger partial charge < -0.3 is 0 Å². The molecule has 0 spiro atoms. The standard InChI is InChI=1S/C14H16ClN3O/c15-11-7-10-12(8-3-1-2-4-8)14(19)18(9-5-6-9)13(10)17-16-11/h7-9,12H,1-6H2. The highest BCUT2D eigenvalue weighted by molar-refractivity contribution is 6.29. The van der Waals surface area contributed by atoms with E-state index in [4.69, 9.17) is 11.6 Å². The smallest absolute Gasteiger partial charge is 0.236 e. The highest BCUT2D eigenvalue weighted by Crippen LogP contribution is 2.49. The molecule has 1 aromatic rings. The molecule has 2 fully saturated rings. The van der Waals surface area contributed by atoms with Crippen LogP contribution in [0.25, 0.3) is 0 Å². The minimum absolute atomic E-state index is 0.0221. The molecule has 1 unspecified atom stereocenters. The maximum atomic E-state index is 12.8. The molecule has 2 heterocycles. The van der Waals surface area contributed by atoms with Gasteiger partial charge in [-0.3, -0.25) is 9.69 Å². The minimum Gasteiger partial charge on any atom is -0.291 e. The SMILES string of the molecule is O=C1C(C2CCCC2)c2cc(Cl)nnc2N1C1CC1. The van der Waals surface area contributed by atoms with Gasteiger partial charge in [-0.05, 0) is 37.7 Å². The molecule has 1 amide bonds. The average Bonchev–Trinajstić information content (AvgIpc) is 2.99. The van der Waals surface area contributed by atoms with E-state index in [0.717, 1.165) is 37.1 Å². The fourth-order valence-electron chi connectivity index (χ4n) is 3.61. The molecule has 2 saturated carbocycles. The number of fused-ring (bicyclic) bond motifs is 1. The monoisotopic (exact) mass is 277 g/mol. The third-order valence-electron chi connectivity index (χ3n) is 4.62. The molecule has 100 valence electrons.